The molecule has 20 heavy (non-hydrogen) atoms. The van der Waals surface area contributed by atoms with Gasteiger partial charge in [-0.05, 0) is 24.3 Å². The summed E-state index contributed by atoms with van der Waals surface area (Å²) in [5.74, 6) is 0.164. The normalized spacial score (nSPS) is 10.4. The van der Waals surface area contributed by atoms with Crippen LogP contribution in [0.5, 0.6) is 5.75 Å². The summed E-state index contributed by atoms with van der Waals surface area (Å²) < 4.78 is 1.70. The molecule has 3 rings (SSSR count). The first-order valence-electron chi connectivity index (χ1n) is 6.15. The number of para-hydroxylation sites is 2. The number of anilines is 1. The second kappa shape index (κ2) is 5.40. The number of nitrogens with one attached hydrogen (secondary N) is 1. The molecule has 6 nitrogen and oxygen atoms in total. The highest BCUT2D eigenvalue weighted by molar-refractivity contribution is 5.60. The molecule has 2 heterocycles. The van der Waals surface area contributed by atoms with Gasteiger partial charge in [0.05, 0.1) is 29.8 Å². The molecule has 0 fully saturated rings. The number of benzene rings is 1. The molecule has 1 aromatic carbocycles. The molecule has 100 valence electrons. The van der Waals surface area contributed by atoms with E-state index in [1.54, 1.807) is 23.1 Å². The van der Waals surface area contributed by atoms with E-state index in [9.17, 15) is 5.11 Å². The van der Waals surface area contributed by atoms with Crippen molar-refractivity contribution >= 4 is 5.69 Å². The van der Waals surface area contributed by atoms with Crippen molar-refractivity contribution in [2.45, 2.75) is 6.54 Å². The Hall–Kier alpha value is -2.89. The van der Waals surface area contributed by atoms with Crippen molar-refractivity contribution in [1.29, 1.82) is 0 Å². The highest BCUT2D eigenvalue weighted by Crippen LogP contribution is 2.19. The largest absolute Gasteiger partial charge is 0.506 e. The maximum atomic E-state index is 9.21. The third-order valence-corrected chi connectivity index (χ3v) is 2.84. The molecule has 6 heteroatoms. The van der Waals surface area contributed by atoms with Crippen LogP contribution in [0.3, 0.4) is 0 Å². The molecule has 0 saturated heterocycles. The van der Waals surface area contributed by atoms with Crippen molar-refractivity contribution in [3.63, 3.8) is 0 Å². The zero-order valence-corrected chi connectivity index (χ0v) is 10.6. The van der Waals surface area contributed by atoms with Crippen LogP contribution in [0.25, 0.3) is 5.69 Å². The Morgan fingerprint density at radius 1 is 1.15 bits per heavy atom. The summed E-state index contributed by atoms with van der Waals surface area (Å²) in [6.07, 6.45) is 4.58. The topological polar surface area (TPSA) is 75.9 Å². The summed E-state index contributed by atoms with van der Waals surface area (Å²) in [5, 5.41) is 16.6. The molecule has 3 aromatic rings. The lowest BCUT2D eigenvalue weighted by molar-refractivity contribution is 0.472. The average molecular weight is 267 g/mol. The zero-order chi connectivity index (χ0) is 13.8. The lowest BCUT2D eigenvalue weighted by Gasteiger charge is -2.11. The SMILES string of the molecule is Oc1ccc(CNc2ccccc2-n2cncn2)nc1. The zero-order valence-electron chi connectivity index (χ0n) is 10.6. The van der Waals surface area contributed by atoms with Gasteiger partial charge in [-0.15, -0.1) is 0 Å². The van der Waals surface area contributed by atoms with Gasteiger partial charge in [-0.1, -0.05) is 12.1 Å². The summed E-state index contributed by atoms with van der Waals surface area (Å²) in [4.78, 5) is 8.09. The summed E-state index contributed by atoms with van der Waals surface area (Å²) >= 11 is 0. The van der Waals surface area contributed by atoms with Crippen LogP contribution in [-0.4, -0.2) is 24.9 Å². The highest BCUT2D eigenvalue weighted by Gasteiger charge is 2.04. The van der Waals surface area contributed by atoms with Gasteiger partial charge < -0.3 is 10.4 Å². The summed E-state index contributed by atoms with van der Waals surface area (Å²) in [7, 11) is 0. The van der Waals surface area contributed by atoms with Gasteiger partial charge in [0.2, 0.25) is 0 Å². The molecule has 0 amide bonds. The van der Waals surface area contributed by atoms with E-state index in [4.69, 9.17) is 0 Å². The Morgan fingerprint density at radius 2 is 2.05 bits per heavy atom. The van der Waals surface area contributed by atoms with Crippen molar-refractivity contribution < 1.29 is 5.11 Å². The van der Waals surface area contributed by atoms with Crippen molar-refractivity contribution in [3.8, 4) is 11.4 Å². The van der Waals surface area contributed by atoms with E-state index < -0.39 is 0 Å². The Balaban J connectivity index is 1.79. The average Bonchev–Trinajstić information content (AvgIpc) is 3.01. The smallest absolute Gasteiger partial charge is 0.138 e. The standard InChI is InChI=1S/C14H13N5O/c20-12-6-5-11(16-8-12)7-17-13-3-1-2-4-14(13)19-10-15-9-18-19/h1-6,8-10,17,20H,7H2. The molecule has 0 aliphatic rings. The van der Waals surface area contributed by atoms with Crippen LogP contribution in [0.2, 0.25) is 0 Å². The van der Waals surface area contributed by atoms with E-state index >= 15 is 0 Å². The number of hydrogen-bond acceptors (Lipinski definition) is 5. The van der Waals surface area contributed by atoms with Gasteiger partial charge in [0.25, 0.3) is 0 Å². The van der Waals surface area contributed by atoms with E-state index in [2.05, 4.69) is 20.4 Å². The van der Waals surface area contributed by atoms with Crippen LogP contribution in [0, 0.1) is 0 Å². The number of pyridine rings is 1. The van der Waals surface area contributed by atoms with Gasteiger partial charge >= 0.3 is 0 Å². The Morgan fingerprint density at radius 3 is 2.80 bits per heavy atom. The molecule has 0 saturated carbocycles. The fourth-order valence-corrected chi connectivity index (χ4v) is 1.86. The fourth-order valence-electron chi connectivity index (χ4n) is 1.86. The van der Waals surface area contributed by atoms with Crippen LogP contribution >= 0.6 is 0 Å². The second-order valence-corrected chi connectivity index (χ2v) is 4.22. The van der Waals surface area contributed by atoms with Crippen LogP contribution in [0.1, 0.15) is 5.69 Å². The number of hydrogen-bond donors (Lipinski definition) is 2. The van der Waals surface area contributed by atoms with E-state index in [1.807, 2.05) is 24.3 Å². The van der Waals surface area contributed by atoms with Gasteiger partial charge in [-0.25, -0.2) is 9.67 Å². The van der Waals surface area contributed by atoms with E-state index in [0.29, 0.717) is 6.54 Å². The Bertz CT molecular complexity index is 679. The lowest BCUT2D eigenvalue weighted by atomic mass is 10.2. The van der Waals surface area contributed by atoms with Crippen LogP contribution in [0.4, 0.5) is 5.69 Å². The third kappa shape index (κ3) is 2.59. The second-order valence-electron chi connectivity index (χ2n) is 4.22. The maximum Gasteiger partial charge on any atom is 0.138 e. The van der Waals surface area contributed by atoms with Gasteiger partial charge in [0, 0.05) is 0 Å². The van der Waals surface area contributed by atoms with Crippen LogP contribution in [0.15, 0.2) is 55.2 Å². The first-order chi connectivity index (χ1) is 9.83. The van der Waals surface area contributed by atoms with Crippen molar-refractivity contribution in [1.82, 2.24) is 19.7 Å². The minimum atomic E-state index is 0.164. The molecule has 2 aromatic heterocycles. The highest BCUT2D eigenvalue weighted by atomic mass is 16.3. The van der Waals surface area contributed by atoms with Crippen LogP contribution < -0.4 is 5.32 Å². The number of nitrogens with zero attached hydrogens (tertiary/aromatic N) is 4. The lowest BCUT2D eigenvalue weighted by Crippen LogP contribution is -2.05. The molecule has 0 aliphatic heterocycles. The molecular formula is C14H13N5O. The number of aromatic hydroxyl groups is 1. The molecule has 0 spiro atoms. The molecule has 0 aliphatic carbocycles. The van der Waals surface area contributed by atoms with E-state index in [0.717, 1.165) is 17.1 Å². The Labute approximate surface area is 115 Å². The van der Waals surface area contributed by atoms with Gasteiger partial charge in [-0.2, -0.15) is 5.10 Å². The molecule has 2 N–H and O–H groups in total. The van der Waals surface area contributed by atoms with E-state index in [-0.39, 0.29) is 5.75 Å². The van der Waals surface area contributed by atoms with Crippen molar-refractivity contribution in [2.24, 2.45) is 0 Å². The molecule has 0 bridgehead atoms. The maximum absolute atomic E-state index is 9.21. The minimum Gasteiger partial charge on any atom is -0.506 e. The predicted octanol–water partition coefficient (Wildman–Crippen LogP) is 1.98. The Kier molecular flexibility index (Phi) is 3.28. The van der Waals surface area contributed by atoms with Gasteiger partial charge in [0.15, 0.2) is 0 Å². The third-order valence-electron chi connectivity index (χ3n) is 2.84. The first-order valence-corrected chi connectivity index (χ1v) is 6.15. The first kappa shape index (κ1) is 12.2. The fraction of sp³-hybridized carbons (Fsp3) is 0.0714. The van der Waals surface area contributed by atoms with Crippen molar-refractivity contribution in [2.75, 3.05) is 5.32 Å². The van der Waals surface area contributed by atoms with Gasteiger partial charge in [0.1, 0.15) is 18.4 Å². The summed E-state index contributed by atoms with van der Waals surface area (Å²) in [6.45, 7) is 0.561. The number of aromatic nitrogens is 4. The molecule has 0 unspecified atom stereocenters. The van der Waals surface area contributed by atoms with Crippen molar-refractivity contribution in [3.05, 3.63) is 60.9 Å². The molecule has 0 atom stereocenters. The van der Waals surface area contributed by atoms with E-state index in [1.165, 1.54) is 12.5 Å². The van der Waals surface area contributed by atoms with Crippen LogP contribution in [-0.2, 0) is 6.54 Å². The summed E-state index contributed by atoms with van der Waals surface area (Å²) in [5.41, 5.74) is 2.70. The molecule has 0 radical (unpaired) electrons. The monoisotopic (exact) mass is 267 g/mol. The predicted molar refractivity (Wildman–Crippen MR) is 74.6 cm³/mol. The quantitative estimate of drug-likeness (QED) is 0.756. The summed E-state index contributed by atoms with van der Waals surface area (Å²) in [6, 6.07) is 11.2. The molecular weight excluding hydrogens is 254 g/mol. The number of rotatable bonds is 4. The van der Waals surface area contributed by atoms with Gasteiger partial charge in [-0.3, -0.25) is 4.98 Å². The minimum absolute atomic E-state index is 0.164.